The average molecular weight is 230 g/mol. The fourth-order valence-corrected chi connectivity index (χ4v) is 1.98. The molecule has 5 nitrogen and oxygen atoms in total. The predicted octanol–water partition coefficient (Wildman–Crippen LogP) is 0.289. The first-order chi connectivity index (χ1) is 7.63. The van der Waals surface area contributed by atoms with E-state index in [1.807, 2.05) is 6.92 Å². The van der Waals surface area contributed by atoms with Crippen LogP contribution in [0.25, 0.3) is 0 Å². The second-order valence-corrected chi connectivity index (χ2v) is 4.23. The van der Waals surface area contributed by atoms with Crippen LogP contribution in [0.5, 0.6) is 0 Å². The van der Waals surface area contributed by atoms with Crippen LogP contribution in [-0.2, 0) is 9.53 Å². The molecule has 1 unspecified atom stereocenters. The molecule has 0 aromatic heterocycles. The fraction of sp³-hybridized carbons (Fsp3) is 0.909. The van der Waals surface area contributed by atoms with E-state index in [1.54, 1.807) is 0 Å². The lowest BCUT2D eigenvalue weighted by Gasteiger charge is -2.31. The third-order valence-corrected chi connectivity index (χ3v) is 3.01. The molecule has 0 radical (unpaired) electrons. The van der Waals surface area contributed by atoms with Crippen molar-refractivity contribution < 1.29 is 14.6 Å². The lowest BCUT2D eigenvalue weighted by Crippen LogP contribution is -2.40. The Hall–Kier alpha value is -0.650. The Morgan fingerprint density at radius 3 is 2.69 bits per heavy atom. The Bertz CT molecular complexity index is 215. The predicted molar refractivity (Wildman–Crippen MR) is 61.3 cm³/mol. The van der Waals surface area contributed by atoms with Gasteiger partial charge in [-0.2, -0.15) is 0 Å². The molecule has 1 aliphatic rings. The van der Waals surface area contributed by atoms with E-state index in [2.05, 4.69) is 4.90 Å². The van der Waals surface area contributed by atoms with Crippen LogP contribution in [0.1, 0.15) is 26.2 Å². The minimum absolute atomic E-state index is 0.384. The zero-order valence-corrected chi connectivity index (χ0v) is 9.89. The third-order valence-electron chi connectivity index (χ3n) is 3.01. The molecule has 1 rings (SSSR count). The molecule has 1 aliphatic heterocycles. The van der Waals surface area contributed by atoms with Gasteiger partial charge < -0.3 is 20.5 Å². The van der Waals surface area contributed by atoms with Gasteiger partial charge in [-0.15, -0.1) is 0 Å². The number of piperidine rings is 1. The molecule has 1 atom stereocenters. The summed E-state index contributed by atoms with van der Waals surface area (Å²) in [6, 6.07) is -0.732. The molecule has 94 valence electrons. The number of carboxylic acid groups (broad SMARTS) is 1. The van der Waals surface area contributed by atoms with E-state index < -0.39 is 12.0 Å². The molecule has 0 aliphatic carbocycles. The quantitative estimate of drug-likeness (QED) is 0.686. The van der Waals surface area contributed by atoms with Gasteiger partial charge in [0.2, 0.25) is 0 Å². The number of carboxylic acids is 1. The number of aliphatic carboxylic acids is 1. The van der Waals surface area contributed by atoms with Crippen molar-refractivity contribution in [1.29, 1.82) is 0 Å². The van der Waals surface area contributed by atoms with E-state index in [9.17, 15) is 4.79 Å². The van der Waals surface area contributed by atoms with Crippen LogP contribution in [-0.4, -0.2) is 54.4 Å². The maximum atomic E-state index is 10.5. The number of ether oxygens (including phenoxy) is 1. The smallest absolute Gasteiger partial charge is 0.320 e. The van der Waals surface area contributed by atoms with Crippen molar-refractivity contribution in [3.05, 3.63) is 0 Å². The van der Waals surface area contributed by atoms with Gasteiger partial charge >= 0.3 is 5.97 Å². The van der Waals surface area contributed by atoms with Crippen LogP contribution in [0.4, 0.5) is 0 Å². The summed E-state index contributed by atoms with van der Waals surface area (Å²) in [7, 11) is 0. The largest absolute Gasteiger partial charge is 0.480 e. The normalized spacial score (nSPS) is 20.9. The van der Waals surface area contributed by atoms with Crippen LogP contribution in [0, 0.1) is 0 Å². The summed E-state index contributed by atoms with van der Waals surface area (Å²) < 4.78 is 5.55. The zero-order valence-electron chi connectivity index (χ0n) is 9.89. The SMILES string of the molecule is CCOC1CCN(CCC(N)C(=O)O)CC1. The van der Waals surface area contributed by atoms with Gasteiger partial charge in [0.1, 0.15) is 6.04 Å². The lowest BCUT2D eigenvalue weighted by molar-refractivity contribution is -0.138. The summed E-state index contributed by atoms with van der Waals surface area (Å²) in [4.78, 5) is 12.8. The summed E-state index contributed by atoms with van der Waals surface area (Å²) in [5, 5.41) is 8.66. The number of rotatable bonds is 6. The Morgan fingerprint density at radius 1 is 1.56 bits per heavy atom. The molecular weight excluding hydrogens is 208 g/mol. The van der Waals surface area contributed by atoms with E-state index in [4.69, 9.17) is 15.6 Å². The second kappa shape index (κ2) is 6.83. The molecule has 0 saturated carbocycles. The fourth-order valence-electron chi connectivity index (χ4n) is 1.98. The van der Waals surface area contributed by atoms with Crippen LogP contribution in [0.2, 0.25) is 0 Å². The first kappa shape index (κ1) is 13.4. The van der Waals surface area contributed by atoms with Gasteiger partial charge in [0.15, 0.2) is 0 Å². The van der Waals surface area contributed by atoms with Gasteiger partial charge in [-0.3, -0.25) is 4.79 Å². The Labute approximate surface area is 96.6 Å². The van der Waals surface area contributed by atoms with Crippen molar-refractivity contribution in [2.75, 3.05) is 26.2 Å². The molecule has 1 heterocycles. The highest BCUT2D eigenvalue weighted by Crippen LogP contribution is 2.13. The summed E-state index contributed by atoms with van der Waals surface area (Å²) >= 11 is 0. The van der Waals surface area contributed by atoms with Crippen LogP contribution >= 0.6 is 0 Å². The zero-order chi connectivity index (χ0) is 12.0. The third kappa shape index (κ3) is 4.47. The average Bonchev–Trinajstić information content (AvgIpc) is 2.28. The van der Waals surface area contributed by atoms with Crippen molar-refractivity contribution >= 4 is 5.97 Å². The van der Waals surface area contributed by atoms with Crippen LogP contribution in [0.15, 0.2) is 0 Å². The highest BCUT2D eigenvalue weighted by Gasteiger charge is 2.20. The van der Waals surface area contributed by atoms with Crippen molar-refractivity contribution in [2.45, 2.75) is 38.3 Å². The molecule has 0 amide bonds. The summed E-state index contributed by atoms with van der Waals surface area (Å²) in [5.74, 6) is -0.913. The Balaban J connectivity index is 2.14. The van der Waals surface area contributed by atoms with Gasteiger partial charge in [0, 0.05) is 26.2 Å². The molecule has 5 heteroatoms. The van der Waals surface area contributed by atoms with Crippen LogP contribution < -0.4 is 5.73 Å². The lowest BCUT2D eigenvalue weighted by atomic mass is 10.1. The van der Waals surface area contributed by atoms with Gasteiger partial charge in [0.25, 0.3) is 0 Å². The molecular formula is C11H22N2O3. The van der Waals surface area contributed by atoms with Crippen molar-refractivity contribution in [1.82, 2.24) is 4.90 Å². The summed E-state index contributed by atoms with van der Waals surface area (Å²) in [5.41, 5.74) is 5.46. The highest BCUT2D eigenvalue weighted by molar-refractivity contribution is 5.72. The second-order valence-electron chi connectivity index (χ2n) is 4.23. The van der Waals surface area contributed by atoms with E-state index in [-0.39, 0.29) is 0 Å². The van der Waals surface area contributed by atoms with Crippen molar-refractivity contribution in [3.8, 4) is 0 Å². The van der Waals surface area contributed by atoms with Gasteiger partial charge in [0.05, 0.1) is 6.10 Å². The molecule has 0 spiro atoms. The first-order valence-electron chi connectivity index (χ1n) is 5.95. The Kier molecular flexibility index (Phi) is 5.73. The first-order valence-corrected chi connectivity index (χ1v) is 5.95. The molecule has 0 aromatic carbocycles. The molecule has 3 N–H and O–H groups in total. The maximum absolute atomic E-state index is 10.5. The standard InChI is InChI=1S/C11H22N2O3/c1-2-16-9-3-6-13(7-4-9)8-5-10(12)11(14)15/h9-10H,2-8,12H2,1H3,(H,14,15). The van der Waals surface area contributed by atoms with E-state index in [0.29, 0.717) is 12.5 Å². The summed E-state index contributed by atoms with van der Waals surface area (Å²) in [6.45, 7) is 5.52. The number of hydrogen-bond acceptors (Lipinski definition) is 4. The molecule has 1 saturated heterocycles. The van der Waals surface area contributed by atoms with Gasteiger partial charge in [-0.05, 0) is 26.2 Å². The monoisotopic (exact) mass is 230 g/mol. The van der Waals surface area contributed by atoms with Crippen molar-refractivity contribution in [3.63, 3.8) is 0 Å². The number of nitrogens with zero attached hydrogens (tertiary/aromatic N) is 1. The highest BCUT2D eigenvalue weighted by atomic mass is 16.5. The van der Waals surface area contributed by atoms with Crippen LogP contribution in [0.3, 0.4) is 0 Å². The minimum Gasteiger partial charge on any atom is -0.480 e. The molecule has 16 heavy (non-hydrogen) atoms. The number of nitrogens with two attached hydrogens (primary N) is 1. The Morgan fingerprint density at radius 2 is 2.19 bits per heavy atom. The van der Waals surface area contributed by atoms with E-state index in [0.717, 1.165) is 39.1 Å². The molecule has 1 fully saturated rings. The van der Waals surface area contributed by atoms with Gasteiger partial charge in [-0.1, -0.05) is 0 Å². The number of hydrogen-bond donors (Lipinski definition) is 2. The number of likely N-dealkylation sites (tertiary alicyclic amines) is 1. The molecule has 0 aromatic rings. The van der Waals surface area contributed by atoms with E-state index >= 15 is 0 Å². The van der Waals surface area contributed by atoms with E-state index in [1.165, 1.54) is 0 Å². The number of carbonyl (C=O) groups is 1. The minimum atomic E-state index is -0.913. The topological polar surface area (TPSA) is 75.8 Å². The molecule has 0 bridgehead atoms. The van der Waals surface area contributed by atoms with Crippen molar-refractivity contribution in [2.24, 2.45) is 5.73 Å². The maximum Gasteiger partial charge on any atom is 0.320 e. The van der Waals surface area contributed by atoms with Gasteiger partial charge in [-0.25, -0.2) is 0 Å². The summed E-state index contributed by atoms with van der Waals surface area (Å²) in [6.07, 6.45) is 2.98.